The fourth-order valence-corrected chi connectivity index (χ4v) is 5.54. The first kappa shape index (κ1) is 28.5. The Bertz CT molecular complexity index is 824. The number of likely N-dealkylation sites (tertiary alicyclic amines) is 1. The summed E-state index contributed by atoms with van der Waals surface area (Å²) in [7, 11) is 0. The number of rotatable bonds is 11. The van der Waals surface area contributed by atoms with Gasteiger partial charge >= 0.3 is 5.97 Å². The summed E-state index contributed by atoms with van der Waals surface area (Å²) in [6.07, 6.45) is 3.03. The molecule has 0 aromatic heterocycles. The first-order valence-corrected chi connectivity index (χ1v) is 13.5. The first-order valence-electron chi connectivity index (χ1n) is 12.3. The lowest BCUT2D eigenvalue weighted by atomic mass is 9.83. The minimum absolute atomic E-state index is 0.0326. The summed E-state index contributed by atoms with van der Waals surface area (Å²) >= 11 is 3.31. The summed E-state index contributed by atoms with van der Waals surface area (Å²) in [5.74, 6) is -0.357. The number of benzene rings is 1. The third-order valence-corrected chi connectivity index (χ3v) is 7.06. The van der Waals surface area contributed by atoms with Crippen molar-refractivity contribution in [3.8, 4) is 0 Å². The number of hydrogen-bond acceptors (Lipinski definition) is 5. The monoisotopic (exact) mass is 536 g/mol. The van der Waals surface area contributed by atoms with Crippen molar-refractivity contribution in [3.05, 3.63) is 35.9 Å². The summed E-state index contributed by atoms with van der Waals surface area (Å²) in [4.78, 5) is 40.2. The summed E-state index contributed by atoms with van der Waals surface area (Å²) in [5.41, 5.74) is 0.559. The Morgan fingerprint density at radius 2 is 1.85 bits per heavy atom. The molecule has 0 saturated carbocycles. The minimum Gasteiger partial charge on any atom is -0.459 e. The molecule has 7 heteroatoms. The highest BCUT2D eigenvalue weighted by Crippen LogP contribution is 2.34. The maximum absolute atomic E-state index is 13.4. The van der Waals surface area contributed by atoms with E-state index in [1.165, 1.54) is 12.5 Å². The quantitative estimate of drug-likeness (QED) is 0.332. The van der Waals surface area contributed by atoms with Crippen LogP contribution in [-0.2, 0) is 25.5 Å². The van der Waals surface area contributed by atoms with Crippen LogP contribution in [0.1, 0.15) is 66.4 Å². The average Bonchev–Trinajstić information content (AvgIpc) is 3.20. The van der Waals surface area contributed by atoms with Gasteiger partial charge in [0.05, 0.1) is 5.33 Å². The van der Waals surface area contributed by atoms with Gasteiger partial charge in [0.25, 0.3) is 0 Å². The van der Waals surface area contributed by atoms with E-state index in [2.05, 4.69) is 45.2 Å². The van der Waals surface area contributed by atoms with Gasteiger partial charge in [-0.3, -0.25) is 19.3 Å². The second-order valence-electron chi connectivity index (χ2n) is 10.5. The van der Waals surface area contributed by atoms with Gasteiger partial charge in [-0.15, -0.1) is 0 Å². The van der Waals surface area contributed by atoms with Crippen molar-refractivity contribution in [2.24, 2.45) is 11.8 Å². The molecule has 190 valence electrons. The maximum Gasteiger partial charge on any atom is 0.323 e. The molecule has 1 aliphatic heterocycles. The van der Waals surface area contributed by atoms with Crippen LogP contribution < -0.4 is 5.32 Å². The number of amides is 1. The van der Waals surface area contributed by atoms with Gasteiger partial charge in [0.2, 0.25) is 5.91 Å². The van der Waals surface area contributed by atoms with Gasteiger partial charge in [0.1, 0.15) is 17.4 Å². The molecule has 0 radical (unpaired) electrons. The number of hydrogen-bond donors (Lipinski definition) is 1. The van der Waals surface area contributed by atoms with Crippen molar-refractivity contribution in [3.63, 3.8) is 0 Å². The zero-order valence-electron chi connectivity index (χ0n) is 21.5. The van der Waals surface area contributed by atoms with E-state index in [4.69, 9.17) is 4.74 Å². The molecule has 6 nitrogen and oxygen atoms in total. The third-order valence-electron chi connectivity index (χ3n) is 6.51. The smallest absolute Gasteiger partial charge is 0.323 e. The Morgan fingerprint density at radius 3 is 2.38 bits per heavy atom. The van der Waals surface area contributed by atoms with Crippen molar-refractivity contribution >= 4 is 33.6 Å². The molecule has 1 fully saturated rings. The van der Waals surface area contributed by atoms with Crippen molar-refractivity contribution < 1.29 is 19.1 Å². The lowest BCUT2D eigenvalue weighted by molar-refractivity contribution is -0.161. The molecule has 1 amide bonds. The van der Waals surface area contributed by atoms with Gasteiger partial charge in [-0.25, -0.2) is 0 Å². The molecule has 0 spiro atoms. The highest BCUT2D eigenvalue weighted by atomic mass is 79.9. The molecule has 1 heterocycles. The maximum atomic E-state index is 13.4. The van der Waals surface area contributed by atoms with Gasteiger partial charge in [-0.05, 0) is 58.4 Å². The van der Waals surface area contributed by atoms with Crippen LogP contribution in [0, 0.1) is 11.8 Å². The summed E-state index contributed by atoms with van der Waals surface area (Å²) in [6, 6.07) is 9.62. The van der Waals surface area contributed by atoms with Gasteiger partial charge in [-0.1, -0.05) is 59.6 Å². The SMILES string of the molecule is CCC[C@@H](C(C)NC(C)=O)[C@H](Cc1ccccc1)N1CC(C(=O)CBr)CC1C(=O)OC(C)(C)C. The van der Waals surface area contributed by atoms with E-state index in [0.717, 1.165) is 19.3 Å². The van der Waals surface area contributed by atoms with E-state index in [0.29, 0.717) is 13.0 Å². The molecule has 34 heavy (non-hydrogen) atoms. The van der Waals surface area contributed by atoms with Gasteiger partial charge in [-0.2, -0.15) is 0 Å². The Morgan fingerprint density at radius 1 is 1.21 bits per heavy atom. The van der Waals surface area contributed by atoms with Gasteiger partial charge < -0.3 is 10.1 Å². The summed E-state index contributed by atoms with van der Waals surface area (Å²) in [5, 5.41) is 3.36. The van der Waals surface area contributed by atoms with Crippen LogP contribution >= 0.6 is 15.9 Å². The van der Waals surface area contributed by atoms with Gasteiger partial charge in [0.15, 0.2) is 0 Å². The zero-order chi connectivity index (χ0) is 25.5. The Balaban J connectivity index is 2.50. The van der Waals surface area contributed by atoms with E-state index in [-0.39, 0.29) is 46.9 Å². The van der Waals surface area contributed by atoms with Crippen LogP contribution in [0.25, 0.3) is 0 Å². The number of ketones is 1. The molecule has 1 N–H and O–H groups in total. The highest BCUT2D eigenvalue weighted by molar-refractivity contribution is 9.09. The van der Waals surface area contributed by atoms with Crippen molar-refractivity contribution in [2.75, 3.05) is 11.9 Å². The lowest BCUT2D eigenvalue weighted by Crippen LogP contribution is -2.54. The molecular weight excluding hydrogens is 496 g/mol. The number of halogens is 1. The zero-order valence-corrected chi connectivity index (χ0v) is 23.1. The first-order chi connectivity index (χ1) is 16.0. The van der Waals surface area contributed by atoms with E-state index >= 15 is 0 Å². The molecule has 2 rings (SSSR count). The Labute approximate surface area is 213 Å². The number of nitrogens with one attached hydrogen (secondary N) is 1. The fourth-order valence-electron chi connectivity index (χ4n) is 5.08. The Hall–Kier alpha value is -1.73. The molecule has 1 saturated heterocycles. The van der Waals surface area contributed by atoms with Crippen LogP contribution in [0.3, 0.4) is 0 Å². The van der Waals surface area contributed by atoms with Crippen molar-refractivity contribution in [2.45, 2.75) is 91.0 Å². The number of carbonyl (C=O) groups excluding carboxylic acids is 3. The molecule has 1 aromatic rings. The topological polar surface area (TPSA) is 75.7 Å². The standard InChI is InChI=1S/C27H41BrN2O4/c1-7-11-22(18(2)29-19(3)31)23(14-20-12-9-8-10-13-20)30-17-21(25(32)16-28)15-24(30)26(33)34-27(4,5)6/h8-10,12-13,18,21-24H,7,11,14-17H2,1-6H3,(H,29,31)/t18?,21?,22-,23-,24?/m0/s1. The second kappa shape index (κ2) is 12.8. The summed E-state index contributed by atoms with van der Waals surface area (Å²) in [6.45, 7) is 11.8. The van der Waals surface area contributed by atoms with Crippen LogP contribution in [0.5, 0.6) is 0 Å². The van der Waals surface area contributed by atoms with Crippen molar-refractivity contribution in [1.29, 1.82) is 0 Å². The van der Waals surface area contributed by atoms with Crippen LogP contribution in [0.4, 0.5) is 0 Å². The average molecular weight is 538 g/mol. The molecule has 1 aromatic carbocycles. The number of nitrogens with zero attached hydrogens (tertiary/aromatic N) is 1. The molecule has 5 atom stereocenters. The van der Waals surface area contributed by atoms with E-state index in [1.807, 2.05) is 45.9 Å². The summed E-state index contributed by atoms with van der Waals surface area (Å²) < 4.78 is 5.81. The number of carbonyl (C=O) groups is 3. The van der Waals surface area contributed by atoms with Crippen LogP contribution in [-0.4, -0.2) is 58.2 Å². The molecule has 0 bridgehead atoms. The van der Waals surface area contributed by atoms with Crippen molar-refractivity contribution in [1.82, 2.24) is 10.2 Å². The van der Waals surface area contributed by atoms with E-state index in [1.54, 1.807) is 0 Å². The lowest BCUT2D eigenvalue weighted by Gasteiger charge is -2.41. The predicted molar refractivity (Wildman–Crippen MR) is 139 cm³/mol. The number of ether oxygens (including phenoxy) is 1. The van der Waals surface area contributed by atoms with Crippen LogP contribution in [0.15, 0.2) is 30.3 Å². The van der Waals surface area contributed by atoms with E-state index < -0.39 is 11.6 Å². The van der Waals surface area contributed by atoms with Gasteiger partial charge in [0, 0.05) is 31.5 Å². The second-order valence-corrected chi connectivity index (χ2v) is 11.0. The molecule has 1 aliphatic rings. The largest absolute Gasteiger partial charge is 0.459 e. The van der Waals surface area contributed by atoms with E-state index in [9.17, 15) is 14.4 Å². The number of esters is 1. The molecular formula is C27H41BrN2O4. The fraction of sp³-hybridized carbons (Fsp3) is 0.667. The normalized spacial score (nSPS) is 21.5. The van der Waals surface area contributed by atoms with Crippen LogP contribution in [0.2, 0.25) is 0 Å². The number of alkyl halides is 1. The highest BCUT2D eigenvalue weighted by Gasteiger charge is 2.46. The Kier molecular flexibility index (Phi) is 10.8. The molecule has 3 unspecified atom stereocenters. The third kappa shape index (κ3) is 8.19. The molecule has 0 aliphatic carbocycles. The minimum atomic E-state index is -0.610. The number of Topliss-reactive ketones (excluding diaryl/α,β-unsaturated/α-hetero) is 1. The predicted octanol–water partition coefficient (Wildman–Crippen LogP) is 4.53.